The third-order valence-electron chi connectivity index (χ3n) is 6.29. The number of carboxylic acid groups (broad SMARTS) is 1. The van der Waals surface area contributed by atoms with E-state index in [9.17, 15) is 19.5 Å². The number of amides is 2. The molecule has 0 aromatic heterocycles. The van der Waals surface area contributed by atoms with Crippen LogP contribution in [0.5, 0.6) is 0 Å². The van der Waals surface area contributed by atoms with Gasteiger partial charge in [-0.1, -0.05) is 12.2 Å². The van der Waals surface area contributed by atoms with Crippen LogP contribution >= 0.6 is 0 Å². The van der Waals surface area contributed by atoms with E-state index in [0.717, 1.165) is 6.42 Å². The number of rotatable bonds is 3. The summed E-state index contributed by atoms with van der Waals surface area (Å²) in [5.41, 5.74) is 1.17. The molecule has 1 saturated carbocycles. The van der Waals surface area contributed by atoms with Crippen molar-refractivity contribution < 1.29 is 24.2 Å². The number of hydrogen-bond donors (Lipinski definition) is 1. The second-order valence-corrected chi connectivity index (χ2v) is 7.62. The molecule has 2 saturated heterocycles. The lowest BCUT2D eigenvalue weighted by molar-refractivity contribution is -0.123. The van der Waals surface area contributed by atoms with E-state index in [1.165, 1.54) is 17.0 Å². The summed E-state index contributed by atoms with van der Waals surface area (Å²) in [6.45, 7) is 2.38. The molecule has 0 unspecified atom stereocenters. The summed E-state index contributed by atoms with van der Waals surface area (Å²) in [6, 6.07) is 4.68. The molecule has 7 heteroatoms. The van der Waals surface area contributed by atoms with Crippen molar-refractivity contribution in [2.45, 2.75) is 6.42 Å². The van der Waals surface area contributed by atoms with Crippen LogP contribution in [-0.4, -0.2) is 49.2 Å². The van der Waals surface area contributed by atoms with E-state index in [1.54, 1.807) is 6.07 Å². The zero-order valence-corrected chi connectivity index (χ0v) is 14.7. The molecule has 2 bridgehead atoms. The molecule has 5 rings (SSSR count). The maximum Gasteiger partial charge on any atom is 0.335 e. The highest BCUT2D eigenvalue weighted by molar-refractivity contribution is 6.24. The third-order valence-corrected chi connectivity index (χ3v) is 6.29. The number of benzene rings is 1. The van der Waals surface area contributed by atoms with Crippen molar-refractivity contribution in [3.05, 3.63) is 35.9 Å². The quantitative estimate of drug-likeness (QED) is 0.643. The lowest BCUT2D eigenvalue weighted by atomic mass is 9.85. The van der Waals surface area contributed by atoms with Gasteiger partial charge in [-0.05, 0) is 36.5 Å². The van der Waals surface area contributed by atoms with Crippen LogP contribution in [0, 0.1) is 23.7 Å². The normalized spacial score (nSPS) is 31.7. The van der Waals surface area contributed by atoms with Gasteiger partial charge in [0, 0.05) is 13.1 Å². The van der Waals surface area contributed by atoms with Crippen LogP contribution in [0.4, 0.5) is 11.4 Å². The van der Waals surface area contributed by atoms with E-state index in [2.05, 4.69) is 12.2 Å². The Bertz CT molecular complexity index is 843. The largest absolute Gasteiger partial charge is 0.478 e. The molecule has 3 fully saturated rings. The van der Waals surface area contributed by atoms with Crippen molar-refractivity contribution in [2.24, 2.45) is 23.7 Å². The van der Waals surface area contributed by atoms with Crippen LogP contribution in [0.25, 0.3) is 0 Å². The van der Waals surface area contributed by atoms with Crippen molar-refractivity contribution in [3.8, 4) is 0 Å². The molecule has 0 spiro atoms. The van der Waals surface area contributed by atoms with Gasteiger partial charge in [0.05, 0.1) is 42.0 Å². The van der Waals surface area contributed by atoms with Gasteiger partial charge < -0.3 is 14.7 Å². The molecule has 1 aromatic rings. The highest BCUT2D eigenvalue weighted by Crippen LogP contribution is 2.54. The minimum atomic E-state index is -1.08. The number of allylic oxidation sites excluding steroid dienone is 2. The van der Waals surface area contributed by atoms with Crippen LogP contribution in [0.1, 0.15) is 16.8 Å². The zero-order valence-electron chi connectivity index (χ0n) is 14.7. The monoisotopic (exact) mass is 368 g/mol. The number of imide groups is 1. The number of carbonyl (C=O) groups excluding carboxylic acids is 2. The molecular weight excluding hydrogens is 348 g/mol. The number of anilines is 2. The van der Waals surface area contributed by atoms with Crippen LogP contribution < -0.4 is 9.80 Å². The van der Waals surface area contributed by atoms with E-state index in [0.29, 0.717) is 37.7 Å². The van der Waals surface area contributed by atoms with Crippen molar-refractivity contribution in [1.82, 2.24) is 0 Å². The fourth-order valence-electron chi connectivity index (χ4n) is 5.05. The predicted octanol–water partition coefficient (Wildman–Crippen LogP) is 1.53. The summed E-state index contributed by atoms with van der Waals surface area (Å²) < 4.78 is 5.40. The van der Waals surface area contributed by atoms with Crippen LogP contribution in [0.2, 0.25) is 0 Å². The highest BCUT2D eigenvalue weighted by atomic mass is 16.5. The summed E-state index contributed by atoms with van der Waals surface area (Å²) in [5, 5.41) is 9.41. The maximum absolute atomic E-state index is 13.2. The second-order valence-electron chi connectivity index (χ2n) is 7.62. The Morgan fingerprint density at radius 3 is 2.22 bits per heavy atom. The SMILES string of the molecule is O=C(O)c1ccc(N2CCOCC2)c(N2C(=O)[C@@H]3[C@@H](C2=O)[C@@H]2C=C[C@@H]3C2)c1. The Kier molecular flexibility index (Phi) is 3.62. The minimum Gasteiger partial charge on any atom is -0.478 e. The minimum absolute atomic E-state index is 0.0702. The second kappa shape index (κ2) is 5.92. The van der Waals surface area contributed by atoms with E-state index in [4.69, 9.17) is 4.74 Å². The van der Waals surface area contributed by atoms with Gasteiger partial charge in [-0.15, -0.1) is 0 Å². The van der Waals surface area contributed by atoms with Crippen LogP contribution in [-0.2, 0) is 14.3 Å². The van der Waals surface area contributed by atoms with Gasteiger partial charge in [0.25, 0.3) is 0 Å². The standard InChI is InChI=1S/C20H20N2O5/c23-18-16-11-1-2-12(9-11)17(16)19(24)22(18)15-10-13(20(25)26)3-4-14(15)21-5-7-27-8-6-21/h1-4,10-12,16-17H,5-9H2,(H,25,26)/t11-,12-,16+,17+/m1/s1. The van der Waals surface area contributed by atoms with Gasteiger partial charge in [0.15, 0.2) is 0 Å². The number of carbonyl (C=O) groups is 3. The van der Waals surface area contributed by atoms with Gasteiger partial charge in [0.2, 0.25) is 11.8 Å². The van der Waals surface area contributed by atoms with Gasteiger partial charge in [-0.25, -0.2) is 9.69 Å². The first-order chi connectivity index (χ1) is 13.1. The molecule has 2 amide bonds. The summed E-state index contributed by atoms with van der Waals surface area (Å²) in [4.78, 5) is 41.2. The lowest BCUT2D eigenvalue weighted by Crippen LogP contribution is -2.39. The molecule has 4 atom stereocenters. The molecule has 0 radical (unpaired) electrons. The van der Waals surface area contributed by atoms with Gasteiger partial charge in [-0.2, -0.15) is 0 Å². The van der Waals surface area contributed by atoms with Crippen molar-refractivity contribution >= 4 is 29.2 Å². The Hall–Kier alpha value is -2.67. The fourth-order valence-corrected chi connectivity index (χ4v) is 5.05. The third kappa shape index (κ3) is 2.34. The average molecular weight is 368 g/mol. The van der Waals surface area contributed by atoms with E-state index in [-0.39, 0.29) is 41.0 Å². The lowest BCUT2D eigenvalue weighted by Gasteiger charge is -2.32. The average Bonchev–Trinajstić information content (AvgIpc) is 3.36. The smallest absolute Gasteiger partial charge is 0.335 e. The number of fused-ring (bicyclic) bond motifs is 5. The van der Waals surface area contributed by atoms with E-state index < -0.39 is 5.97 Å². The predicted molar refractivity (Wildman–Crippen MR) is 96.6 cm³/mol. The van der Waals surface area contributed by atoms with E-state index in [1.807, 2.05) is 4.90 Å². The summed E-state index contributed by atoms with van der Waals surface area (Å²) in [5.74, 6) is -1.84. The van der Waals surface area contributed by atoms with Gasteiger partial charge >= 0.3 is 5.97 Å². The number of hydrogen-bond acceptors (Lipinski definition) is 5. The molecule has 2 aliphatic heterocycles. The van der Waals surface area contributed by atoms with Crippen molar-refractivity contribution in [2.75, 3.05) is 36.1 Å². The molecule has 27 heavy (non-hydrogen) atoms. The molecule has 1 N–H and O–H groups in total. The Balaban J connectivity index is 1.59. The summed E-state index contributed by atoms with van der Waals surface area (Å²) in [6.07, 6.45) is 4.97. The summed E-state index contributed by atoms with van der Waals surface area (Å²) in [7, 11) is 0. The van der Waals surface area contributed by atoms with Crippen molar-refractivity contribution in [1.29, 1.82) is 0 Å². The summed E-state index contributed by atoms with van der Waals surface area (Å²) >= 11 is 0. The van der Waals surface area contributed by atoms with Crippen LogP contribution in [0.15, 0.2) is 30.4 Å². The molecule has 7 nitrogen and oxygen atoms in total. The fraction of sp³-hybridized carbons (Fsp3) is 0.450. The van der Waals surface area contributed by atoms with Gasteiger partial charge in [0.1, 0.15) is 0 Å². The number of ether oxygens (including phenoxy) is 1. The number of carboxylic acids is 1. The Labute approximate surface area is 156 Å². The topological polar surface area (TPSA) is 87.2 Å². The highest BCUT2D eigenvalue weighted by Gasteiger charge is 2.60. The Morgan fingerprint density at radius 1 is 1.00 bits per heavy atom. The van der Waals surface area contributed by atoms with Crippen molar-refractivity contribution in [3.63, 3.8) is 0 Å². The zero-order chi connectivity index (χ0) is 18.7. The number of morpholine rings is 1. The van der Waals surface area contributed by atoms with Gasteiger partial charge in [-0.3, -0.25) is 9.59 Å². The number of nitrogens with zero attached hydrogens (tertiary/aromatic N) is 2. The Morgan fingerprint density at radius 2 is 1.63 bits per heavy atom. The molecule has 140 valence electrons. The first-order valence-corrected chi connectivity index (χ1v) is 9.32. The molecule has 2 aliphatic carbocycles. The number of aromatic carboxylic acids is 1. The maximum atomic E-state index is 13.2. The van der Waals surface area contributed by atoms with Crippen LogP contribution in [0.3, 0.4) is 0 Å². The molecule has 4 aliphatic rings. The first-order valence-electron chi connectivity index (χ1n) is 9.32. The molecule has 1 aromatic carbocycles. The van der Waals surface area contributed by atoms with E-state index >= 15 is 0 Å². The molecule has 2 heterocycles. The molecular formula is C20H20N2O5. The first kappa shape index (κ1) is 16.5.